The van der Waals surface area contributed by atoms with Crippen LogP contribution in [0.3, 0.4) is 0 Å². The Bertz CT molecular complexity index is 962. The van der Waals surface area contributed by atoms with Crippen molar-refractivity contribution < 1.29 is 19.1 Å². The zero-order valence-electron chi connectivity index (χ0n) is 17.2. The average molecular weight is 448 g/mol. The van der Waals surface area contributed by atoms with Crippen molar-refractivity contribution in [3.05, 3.63) is 23.8 Å². The largest absolute Gasteiger partial charge is 0.454 e. The fourth-order valence-electron chi connectivity index (χ4n) is 4.75. The molecule has 0 radical (unpaired) electrons. The second kappa shape index (κ2) is 6.99. The Morgan fingerprint density at radius 2 is 1.90 bits per heavy atom. The number of hydrogen-bond donors (Lipinski definition) is 2. The van der Waals surface area contributed by atoms with Crippen molar-refractivity contribution in [3.63, 3.8) is 0 Å². The van der Waals surface area contributed by atoms with Crippen LogP contribution in [0.4, 0.5) is 0 Å². The molecule has 7 nitrogen and oxygen atoms in total. The molecule has 1 aromatic rings. The smallest absolute Gasteiger partial charge is 0.260 e. The third-order valence-electron chi connectivity index (χ3n) is 6.31. The number of nitrogens with zero attached hydrogens (tertiary/aromatic N) is 3. The lowest BCUT2D eigenvalue weighted by Gasteiger charge is -2.52. The van der Waals surface area contributed by atoms with Crippen molar-refractivity contribution in [1.82, 2.24) is 9.80 Å². The number of hydrogen-bond acceptors (Lipinski definition) is 7. The van der Waals surface area contributed by atoms with Crippen molar-refractivity contribution >= 4 is 37.1 Å². The van der Waals surface area contributed by atoms with Crippen LogP contribution in [0, 0.1) is 16.7 Å². The van der Waals surface area contributed by atoms with Gasteiger partial charge in [-0.1, -0.05) is 19.4 Å². The summed E-state index contributed by atoms with van der Waals surface area (Å²) in [6.45, 7) is 5.96. The first-order chi connectivity index (χ1) is 14.1. The molecule has 0 spiro atoms. The highest BCUT2D eigenvalue weighted by molar-refractivity contribution is 7.83. The summed E-state index contributed by atoms with van der Waals surface area (Å²) in [6, 6.07) is 7.03. The number of benzene rings is 1. The Morgan fingerprint density at radius 1 is 1.20 bits per heavy atom. The van der Waals surface area contributed by atoms with Gasteiger partial charge >= 0.3 is 0 Å². The molecule has 0 saturated carbocycles. The van der Waals surface area contributed by atoms with E-state index in [0.29, 0.717) is 23.6 Å². The lowest BCUT2D eigenvalue weighted by atomic mass is 9.79. The summed E-state index contributed by atoms with van der Waals surface area (Å²) in [7, 11) is 0. The number of piperazine rings is 1. The first-order valence-corrected chi connectivity index (χ1v) is 10.9. The first kappa shape index (κ1) is 21.2. The van der Waals surface area contributed by atoms with Crippen molar-refractivity contribution in [2.24, 2.45) is 5.41 Å². The standard InChI is InChI=1S/C21H25N3O4S2/c1-4-5-8-23-18(26)21(30)10-19(2,11-22)16(24(21)17(25)20(23,3)29)13-6-7-14-15(9-13)28-12-27-14/h6-7,9,16,29-30H,4-5,8,10,12H2,1-3H3/t16-,19+,20?,21-/m0/s1. The Labute approximate surface area is 187 Å². The van der Waals surface area contributed by atoms with Gasteiger partial charge in [-0.25, -0.2) is 0 Å². The number of unbranched alkanes of at least 4 members (excludes halogenated alkanes) is 1. The van der Waals surface area contributed by atoms with Crippen LogP contribution in [0.5, 0.6) is 11.5 Å². The molecule has 3 aliphatic heterocycles. The highest BCUT2D eigenvalue weighted by Crippen LogP contribution is 2.60. The van der Waals surface area contributed by atoms with Gasteiger partial charge < -0.3 is 19.3 Å². The zero-order chi connectivity index (χ0) is 21.9. The molecular formula is C21H25N3O4S2. The minimum Gasteiger partial charge on any atom is -0.454 e. The van der Waals surface area contributed by atoms with Gasteiger partial charge in [-0.15, -0.1) is 25.3 Å². The maximum absolute atomic E-state index is 13.7. The second-order valence-corrected chi connectivity index (χ2v) is 10.2. The van der Waals surface area contributed by atoms with E-state index in [1.165, 1.54) is 9.80 Å². The summed E-state index contributed by atoms with van der Waals surface area (Å²) in [6.07, 6.45) is 1.75. The van der Waals surface area contributed by atoms with Gasteiger partial charge in [0.2, 0.25) is 6.79 Å². The van der Waals surface area contributed by atoms with Gasteiger partial charge in [0.15, 0.2) is 21.2 Å². The molecule has 4 atom stereocenters. The van der Waals surface area contributed by atoms with E-state index in [1.54, 1.807) is 26.0 Å². The Balaban J connectivity index is 1.84. The maximum Gasteiger partial charge on any atom is 0.260 e. The summed E-state index contributed by atoms with van der Waals surface area (Å²) in [4.78, 5) is 27.6. The van der Waals surface area contributed by atoms with E-state index in [4.69, 9.17) is 22.1 Å². The minimum atomic E-state index is -1.42. The van der Waals surface area contributed by atoms with Crippen LogP contribution in [0.2, 0.25) is 0 Å². The summed E-state index contributed by atoms with van der Waals surface area (Å²) in [5, 5.41) is 10.1. The molecule has 1 unspecified atom stereocenters. The summed E-state index contributed by atoms with van der Waals surface area (Å²) in [5.74, 6) is 0.538. The fourth-order valence-corrected chi connectivity index (χ4v) is 5.70. The number of thiol groups is 2. The molecule has 2 fully saturated rings. The molecule has 0 aromatic heterocycles. The number of rotatable bonds is 4. The van der Waals surface area contributed by atoms with E-state index in [-0.39, 0.29) is 25.0 Å². The van der Waals surface area contributed by atoms with E-state index < -0.39 is 21.2 Å². The molecule has 2 saturated heterocycles. The van der Waals surface area contributed by atoms with E-state index in [9.17, 15) is 14.9 Å². The highest BCUT2D eigenvalue weighted by atomic mass is 32.1. The second-order valence-electron chi connectivity index (χ2n) is 8.54. The summed E-state index contributed by atoms with van der Waals surface area (Å²) < 4.78 is 10.9. The highest BCUT2D eigenvalue weighted by Gasteiger charge is 2.69. The average Bonchev–Trinajstić information content (AvgIpc) is 3.26. The molecule has 30 heavy (non-hydrogen) atoms. The van der Waals surface area contributed by atoms with Gasteiger partial charge in [0.25, 0.3) is 11.8 Å². The molecule has 4 rings (SSSR count). The van der Waals surface area contributed by atoms with Crippen LogP contribution in [0.1, 0.15) is 51.6 Å². The van der Waals surface area contributed by atoms with E-state index >= 15 is 0 Å². The molecule has 3 aliphatic rings. The van der Waals surface area contributed by atoms with Crippen molar-refractivity contribution in [2.75, 3.05) is 13.3 Å². The number of fused-ring (bicyclic) bond motifs is 2. The number of carbonyl (C=O) groups is 2. The maximum atomic E-state index is 13.7. The monoisotopic (exact) mass is 447 g/mol. The van der Waals surface area contributed by atoms with Crippen molar-refractivity contribution in [3.8, 4) is 17.6 Å². The topological polar surface area (TPSA) is 82.9 Å². The number of carbonyl (C=O) groups excluding carboxylic acids is 2. The molecule has 3 heterocycles. The lowest BCUT2D eigenvalue weighted by molar-refractivity contribution is -0.165. The minimum absolute atomic E-state index is 0.121. The molecule has 160 valence electrons. The predicted octanol–water partition coefficient (Wildman–Crippen LogP) is 3.13. The SMILES string of the molecule is CCCCN1C(=O)[C@@]2(S)C[C@](C)(C#N)[C@H](c3ccc4c(c3)OCO4)N2C(=O)C1(C)S. The lowest BCUT2D eigenvalue weighted by Crippen LogP contribution is -2.71. The quantitative estimate of drug-likeness (QED) is 0.693. The predicted molar refractivity (Wildman–Crippen MR) is 116 cm³/mol. The van der Waals surface area contributed by atoms with Crippen LogP contribution < -0.4 is 9.47 Å². The molecule has 0 aliphatic carbocycles. The number of amides is 2. The summed E-state index contributed by atoms with van der Waals surface area (Å²) in [5.41, 5.74) is -0.322. The third-order valence-corrected chi connectivity index (χ3v) is 7.31. The Kier molecular flexibility index (Phi) is 4.94. The van der Waals surface area contributed by atoms with Crippen molar-refractivity contribution in [2.45, 2.75) is 55.8 Å². The molecule has 0 N–H and O–H groups in total. The molecule has 2 amide bonds. The van der Waals surface area contributed by atoms with Gasteiger partial charge in [-0.05, 0) is 38.0 Å². The number of ether oxygens (including phenoxy) is 2. The van der Waals surface area contributed by atoms with Gasteiger partial charge in [0.1, 0.15) is 0 Å². The van der Waals surface area contributed by atoms with E-state index in [2.05, 4.69) is 18.7 Å². The van der Waals surface area contributed by atoms with Crippen LogP contribution in [-0.4, -0.2) is 44.7 Å². The van der Waals surface area contributed by atoms with Gasteiger partial charge in [0, 0.05) is 13.0 Å². The number of nitriles is 1. The van der Waals surface area contributed by atoms with Crippen molar-refractivity contribution in [1.29, 1.82) is 5.26 Å². The van der Waals surface area contributed by atoms with Crippen LogP contribution in [-0.2, 0) is 9.59 Å². The zero-order valence-corrected chi connectivity index (χ0v) is 19.0. The molecular weight excluding hydrogens is 422 g/mol. The summed E-state index contributed by atoms with van der Waals surface area (Å²) >= 11 is 9.37. The van der Waals surface area contributed by atoms with Crippen LogP contribution in [0.15, 0.2) is 18.2 Å². The van der Waals surface area contributed by atoms with E-state index in [1.807, 2.05) is 13.0 Å². The molecule has 9 heteroatoms. The first-order valence-electron chi connectivity index (χ1n) is 10.0. The van der Waals surface area contributed by atoms with Gasteiger partial charge in [-0.3, -0.25) is 9.59 Å². The molecule has 1 aromatic carbocycles. The van der Waals surface area contributed by atoms with Gasteiger partial charge in [0.05, 0.1) is 17.5 Å². The normalized spacial score (nSPS) is 34.9. The Morgan fingerprint density at radius 3 is 2.57 bits per heavy atom. The third kappa shape index (κ3) is 2.80. The fraction of sp³-hybridized carbons (Fsp3) is 0.571. The molecule has 0 bridgehead atoms. The van der Waals surface area contributed by atoms with Crippen LogP contribution in [0.25, 0.3) is 0 Å². The van der Waals surface area contributed by atoms with Crippen LogP contribution >= 0.6 is 25.3 Å². The van der Waals surface area contributed by atoms with E-state index in [0.717, 1.165) is 12.8 Å². The van der Waals surface area contributed by atoms with Gasteiger partial charge in [-0.2, -0.15) is 5.26 Å². The Hall–Kier alpha value is -2.05.